The van der Waals surface area contributed by atoms with Crippen LogP contribution in [0.5, 0.6) is 5.75 Å². The Morgan fingerprint density at radius 1 is 1.08 bits per heavy atom. The number of urea groups is 1. The molecule has 0 spiro atoms. The van der Waals surface area contributed by atoms with E-state index in [1.807, 2.05) is 51.1 Å². The molecule has 2 aromatic carbocycles. The molecule has 12 heteroatoms. The van der Waals surface area contributed by atoms with Gasteiger partial charge < -0.3 is 14.6 Å². The Morgan fingerprint density at radius 2 is 1.82 bits per heavy atom. The smallest absolute Gasteiger partial charge is 0.328 e. The predicted molar refractivity (Wildman–Crippen MR) is 146 cm³/mol. The van der Waals surface area contributed by atoms with Gasteiger partial charge >= 0.3 is 6.03 Å². The molecule has 2 amide bonds. The third-order valence-corrected chi connectivity index (χ3v) is 7.23. The van der Waals surface area contributed by atoms with Crippen molar-refractivity contribution in [3.05, 3.63) is 77.6 Å². The van der Waals surface area contributed by atoms with Gasteiger partial charge in [0.2, 0.25) is 0 Å². The lowest BCUT2D eigenvalue weighted by molar-refractivity contribution is 0.246. The van der Waals surface area contributed by atoms with Crippen LogP contribution in [-0.4, -0.2) is 37.7 Å². The van der Waals surface area contributed by atoms with E-state index < -0.39 is 16.1 Å². The van der Waals surface area contributed by atoms with Gasteiger partial charge in [0.25, 0.3) is 10.0 Å². The molecule has 0 aliphatic heterocycles. The van der Waals surface area contributed by atoms with Gasteiger partial charge in [0.05, 0.1) is 12.8 Å². The summed E-state index contributed by atoms with van der Waals surface area (Å²) in [7, 11) is -2.47. The zero-order valence-corrected chi connectivity index (χ0v) is 22.7. The lowest BCUT2D eigenvalue weighted by Gasteiger charge is -2.25. The molecule has 0 aliphatic rings. The first-order chi connectivity index (χ1) is 18.1. The third-order valence-electron chi connectivity index (χ3n) is 5.46. The fourth-order valence-corrected chi connectivity index (χ4v) is 4.69. The highest BCUT2D eigenvalue weighted by Gasteiger charge is 2.25. The number of halogens is 1. The standard InChI is InChI=1S/C26H26ClN5O5S/c1-16(2)29-26(33)32(25-10-7-20(15-28-25)38(34,35)31-24-11-12-37-30-24)22-9-6-19(14-23(22)36-4)18-5-8-21(27)17(3)13-18/h5-16H,1-4H3,(H,29,33)(H,30,31). The van der Waals surface area contributed by atoms with Gasteiger partial charge in [-0.15, -0.1) is 0 Å². The Hall–Kier alpha value is -4.09. The number of methoxy groups -OCH3 is 1. The minimum absolute atomic E-state index is 0.0349. The topological polar surface area (TPSA) is 127 Å². The van der Waals surface area contributed by atoms with Crippen molar-refractivity contribution in [3.63, 3.8) is 0 Å². The number of carbonyl (C=O) groups excluding carboxylic acids is 1. The van der Waals surface area contributed by atoms with E-state index in [0.717, 1.165) is 22.9 Å². The molecule has 4 aromatic rings. The number of hydrogen-bond acceptors (Lipinski definition) is 7. The van der Waals surface area contributed by atoms with Crippen molar-refractivity contribution < 1.29 is 22.5 Å². The van der Waals surface area contributed by atoms with E-state index in [0.29, 0.717) is 16.5 Å². The Kier molecular flexibility index (Phi) is 7.88. The van der Waals surface area contributed by atoms with Gasteiger partial charge in [-0.1, -0.05) is 28.9 Å². The lowest BCUT2D eigenvalue weighted by atomic mass is 10.0. The summed E-state index contributed by atoms with van der Waals surface area (Å²) in [6.07, 6.45) is 2.40. The fraction of sp³-hybridized carbons (Fsp3) is 0.192. The number of nitrogens with zero attached hydrogens (tertiary/aromatic N) is 3. The number of sulfonamides is 1. The van der Waals surface area contributed by atoms with Gasteiger partial charge in [0.1, 0.15) is 22.7 Å². The van der Waals surface area contributed by atoms with Crippen molar-refractivity contribution in [3.8, 4) is 16.9 Å². The summed E-state index contributed by atoms with van der Waals surface area (Å²) in [4.78, 5) is 18.8. The van der Waals surface area contributed by atoms with Crippen LogP contribution in [0.25, 0.3) is 11.1 Å². The highest BCUT2D eigenvalue weighted by molar-refractivity contribution is 7.92. The molecule has 0 bridgehead atoms. The molecule has 0 saturated heterocycles. The summed E-state index contributed by atoms with van der Waals surface area (Å²) >= 11 is 6.18. The van der Waals surface area contributed by atoms with E-state index in [1.54, 1.807) is 6.07 Å². The second kappa shape index (κ2) is 11.1. The highest BCUT2D eigenvalue weighted by Crippen LogP contribution is 2.37. The quantitative estimate of drug-likeness (QED) is 0.283. The second-order valence-corrected chi connectivity index (χ2v) is 10.7. The zero-order valence-electron chi connectivity index (χ0n) is 21.1. The number of hydrogen-bond donors (Lipinski definition) is 2. The number of carbonyl (C=O) groups is 1. The number of anilines is 3. The Labute approximate surface area is 225 Å². The largest absolute Gasteiger partial charge is 0.495 e. The van der Waals surface area contributed by atoms with Crippen LogP contribution in [0.1, 0.15) is 19.4 Å². The van der Waals surface area contributed by atoms with Crippen LogP contribution < -0.4 is 19.7 Å². The van der Waals surface area contributed by atoms with E-state index in [-0.39, 0.29) is 22.6 Å². The minimum Gasteiger partial charge on any atom is -0.495 e. The summed E-state index contributed by atoms with van der Waals surface area (Å²) in [6.45, 7) is 5.59. The fourth-order valence-electron chi connectivity index (χ4n) is 3.64. The summed E-state index contributed by atoms with van der Waals surface area (Å²) in [5.74, 6) is 0.643. The molecule has 0 radical (unpaired) electrons. The van der Waals surface area contributed by atoms with Gasteiger partial charge in [-0.25, -0.2) is 23.1 Å². The number of aromatic nitrogens is 2. The van der Waals surface area contributed by atoms with Gasteiger partial charge in [-0.2, -0.15) is 0 Å². The van der Waals surface area contributed by atoms with Gasteiger partial charge in [-0.05, 0) is 73.9 Å². The monoisotopic (exact) mass is 555 g/mol. The van der Waals surface area contributed by atoms with Crippen molar-refractivity contribution in [2.45, 2.75) is 31.7 Å². The van der Waals surface area contributed by atoms with Crippen molar-refractivity contribution in [1.82, 2.24) is 15.5 Å². The number of nitrogens with one attached hydrogen (secondary N) is 2. The molecule has 0 aliphatic carbocycles. The van der Waals surface area contributed by atoms with E-state index in [9.17, 15) is 13.2 Å². The molecule has 198 valence electrons. The normalized spacial score (nSPS) is 11.3. The number of aryl methyl sites for hydroxylation is 1. The van der Waals surface area contributed by atoms with E-state index in [1.165, 1.54) is 36.5 Å². The van der Waals surface area contributed by atoms with Crippen molar-refractivity contribution in [1.29, 1.82) is 0 Å². The second-order valence-electron chi connectivity index (χ2n) is 8.63. The maximum absolute atomic E-state index is 13.3. The zero-order chi connectivity index (χ0) is 27.4. The minimum atomic E-state index is -3.97. The van der Waals surface area contributed by atoms with Crippen LogP contribution in [0.4, 0.5) is 22.1 Å². The molecule has 0 atom stereocenters. The summed E-state index contributed by atoms with van der Waals surface area (Å²) < 4.78 is 38.0. The summed E-state index contributed by atoms with van der Waals surface area (Å²) in [5, 5.41) is 7.07. The van der Waals surface area contributed by atoms with Crippen LogP contribution in [-0.2, 0) is 10.0 Å². The summed E-state index contributed by atoms with van der Waals surface area (Å²) in [6, 6.07) is 14.6. The average Bonchev–Trinajstić information content (AvgIpc) is 3.38. The third kappa shape index (κ3) is 5.90. The van der Waals surface area contributed by atoms with Crippen LogP contribution in [0.3, 0.4) is 0 Å². The molecule has 38 heavy (non-hydrogen) atoms. The predicted octanol–water partition coefficient (Wildman–Crippen LogP) is 5.76. The van der Waals surface area contributed by atoms with Crippen molar-refractivity contribution in [2.24, 2.45) is 0 Å². The Bertz CT molecular complexity index is 1540. The Morgan fingerprint density at radius 3 is 2.42 bits per heavy atom. The first-order valence-electron chi connectivity index (χ1n) is 11.5. The van der Waals surface area contributed by atoms with Crippen LogP contribution in [0.2, 0.25) is 5.02 Å². The molecule has 2 heterocycles. The number of pyridine rings is 1. The van der Waals surface area contributed by atoms with Gasteiger partial charge in [-0.3, -0.25) is 4.72 Å². The van der Waals surface area contributed by atoms with Gasteiger partial charge in [0.15, 0.2) is 5.82 Å². The Balaban J connectivity index is 1.73. The van der Waals surface area contributed by atoms with Gasteiger partial charge in [0, 0.05) is 23.3 Å². The number of amides is 2. The molecular weight excluding hydrogens is 530 g/mol. The highest BCUT2D eigenvalue weighted by atomic mass is 35.5. The van der Waals surface area contributed by atoms with Crippen LogP contribution >= 0.6 is 11.6 Å². The van der Waals surface area contributed by atoms with Crippen molar-refractivity contribution >= 4 is 45.0 Å². The summed E-state index contributed by atoms with van der Waals surface area (Å²) in [5.41, 5.74) is 3.15. The molecule has 2 N–H and O–H groups in total. The van der Waals surface area contributed by atoms with Crippen LogP contribution in [0.15, 0.2) is 76.5 Å². The number of benzene rings is 2. The molecule has 0 unspecified atom stereocenters. The maximum atomic E-state index is 13.3. The maximum Gasteiger partial charge on any atom is 0.328 e. The van der Waals surface area contributed by atoms with E-state index in [2.05, 4.69) is 24.7 Å². The first kappa shape index (κ1) is 27.0. The molecule has 4 rings (SSSR count). The molecular formula is C26H26ClN5O5S. The van der Waals surface area contributed by atoms with Crippen LogP contribution in [0, 0.1) is 6.92 Å². The average molecular weight is 556 g/mol. The van der Waals surface area contributed by atoms with Crippen molar-refractivity contribution in [2.75, 3.05) is 16.7 Å². The number of ether oxygens (including phenoxy) is 1. The SMILES string of the molecule is COc1cc(-c2ccc(Cl)c(C)c2)ccc1N(C(=O)NC(C)C)c1ccc(S(=O)(=O)Nc2ccon2)cn1. The number of rotatable bonds is 8. The molecule has 0 saturated carbocycles. The molecule has 2 aromatic heterocycles. The molecule has 10 nitrogen and oxygen atoms in total. The lowest BCUT2D eigenvalue weighted by Crippen LogP contribution is -2.41. The van der Waals surface area contributed by atoms with E-state index in [4.69, 9.17) is 16.3 Å². The first-order valence-corrected chi connectivity index (χ1v) is 13.4. The molecule has 0 fully saturated rings. The van der Waals surface area contributed by atoms with E-state index >= 15 is 0 Å².